The Bertz CT molecular complexity index is 1500. The molecular weight excluding hydrogens is 549 g/mol. The minimum absolute atomic E-state index is 0.0301. The van der Waals surface area contributed by atoms with Crippen molar-refractivity contribution < 1.29 is 38.8 Å². The molecule has 39 heavy (non-hydrogen) atoms. The van der Waals surface area contributed by atoms with Crippen LogP contribution in [0.1, 0.15) is 34.5 Å². The van der Waals surface area contributed by atoms with Crippen LogP contribution in [0.15, 0.2) is 60.2 Å². The molecule has 0 aromatic heterocycles. The van der Waals surface area contributed by atoms with Crippen LogP contribution in [0.3, 0.4) is 0 Å². The van der Waals surface area contributed by atoms with Gasteiger partial charge in [0.15, 0.2) is 11.5 Å². The first kappa shape index (κ1) is 27.8. The van der Waals surface area contributed by atoms with Gasteiger partial charge >= 0.3 is 5.97 Å². The van der Waals surface area contributed by atoms with Crippen LogP contribution < -0.4 is 14.4 Å². The molecule has 1 atom stereocenters. The lowest BCUT2D eigenvalue weighted by atomic mass is 9.94. The summed E-state index contributed by atoms with van der Waals surface area (Å²) in [6.45, 7) is 1.87. The van der Waals surface area contributed by atoms with Crippen molar-refractivity contribution in [3.8, 4) is 17.2 Å². The van der Waals surface area contributed by atoms with Crippen LogP contribution in [0.25, 0.3) is 5.76 Å². The molecule has 0 radical (unpaired) electrons. The molecule has 1 fully saturated rings. The van der Waals surface area contributed by atoms with E-state index in [2.05, 4.69) is 0 Å². The maximum absolute atomic E-state index is 13.4. The third-order valence-electron chi connectivity index (χ3n) is 6.08. The second kappa shape index (κ2) is 11.3. The zero-order valence-corrected chi connectivity index (χ0v) is 22.5. The van der Waals surface area contributed by atoms with Gasteiger partial charge in [0.05, 0.1) is 48.6 Å². The zero-order valence-electron chi connectivity index (χ0n) is 21.0. The molecular formula is C28H23Cl2NO8. The van der Waals surface area contributed by atoms with E-state index < -0.39 is 29.5 Å². The molecule has 0 saturated carbocycles. The Labute approximate surface area is 233 Å². The average Bonchev–Trinajstić information content (AvgIpc) is 3.18. The van der Waals surface area contributed by atoms with Gasteiger partial charge in [-0.25, -0.2) is 4.79 Å². The number of rotatable bonds is 7. The van der Waals surface area contributed by atoms with Gasteiger partial charge in [-0.3, -0.25) is 14.5 Å². The molecule has 2 N–H and O–H groups in total. The van der Waals surface area contributed by atoms with E-state index in [1.165, 1.54) is 62.8 Å². The number of benzene rings is 3. The SMILES string of the molecule is CCOC(=O)c1ccc(N2C(=O)C(=O)/C(=C(/O)c3cc(Cl)c(OC)c(Cl)c3OC)C2c2cccc(O)c2)cc1. The highest BCUT2D eigenvalue weighted by atomic mass is 35.5. The van der Waals surface area contributed by atoms with Gasteiger partial charge in [-0.2, -0.15) is 0 Å². The molecule has 1 saturated heterocycles. The van der Waals surface area contributed by atoms with Gasteiger partial charge < -0.3 is 24.4 Å². The predicted octanol–water partition coefficient (Wildman–Crippen LogP) is 5.52. The van der Waals surface area contributed by atoms with Crippen LogP contribution in [0.2, 0.25) is 10.0 Å². The number of hydrogen-bond acceptors (Lipinski definition) is 8. The molecule has 11 heteroatoms. The number of phenolic OH excluding ortho intramolecular Hbond substituents is 1. The Morgan fingerprint density at radius 3 is 2.26 bits per heavy atom. The zero-order chi connectivity index (χ0) is 28.4. The minimum Gasteiger partial charge on any atom is -0.508 e. The monoisotopic (exact) mass is 571 g/mol. The molecule has 1 aliphatic rings. The summed E-state index contributed by atoms with van der Waals surface area (Å²) in [6, 6.07) is 11.9. The number of esters is 1. The van der Waals surface area contributed by atoms with Crippen molar-refractivity contribution in [3.05, 3.63) is 86.9 Å². The molecule has 1 heterocycles. The van der Waals surface area contributed by atoms with Gasteiger partial charge in [0.1, 0.15) is 16.5 Å². The minimum atomic E-state index is -1.17. The summed E-state index contributed by atoms with van der Waals surface area (Å²) in [5.74, 6) is -3.15. The predicted molar refractivity (Wildman–Crippen MR) is 145 cm³/mol. The normalized spacial score (nSPS) is 16.3. The highest BCUT2D eigenvalue weighted by Gasteiger charge is 2.47. The Balaban J connectivity index is 1.95. The van der Waals surface area contributed by atoms with Crippen LogP contribution in [-0.2, 0) is 14.3 Å². The van der Waals surface area contributed by atoms with Gasteiger partial charge in [-0.05, 0) is 55.0 Å². The van der Waals surface area contributed by atoms with Crippen molar-refractivity contribution >= 4 is 52.3 Å². The number of carbonyl (C=O) groups is 3. The van der Waals surface area contributed by atoms with E-state index >= 15 is 0 Å². The lowest BCUT2D eigenvalue weighted by Crippen LogP contribution is -2.29. The number of methoxy groups -OCH3 is 2. The number of Topliss-reactive ketones (excluding diaryl/α,β-unsaturated/α-hetero) is 1. The lowest BCUT2D eigenvalue weighted by Gasteiger charge is -2.26. The number of amides is 1. The Kier molecular flexibility index (Phi) is 8.03. The summed E-state index contributed by atoms with van der Waals surface area (Å²) >= 11 is 12.7. The molecule has 9 nitrogen and oxygen atoms in total. The van der Waals surface area contributed by atoms with Gasteiger partial charge in [0.25, 0.3) is 11.7 Å². The summed E-state index contributed by atoms with van der Waals surface area (Å²) in [6.07, 6.45) is 0. The Morgan fingerprint density at radius 2 is 1.67 bits per heavy atom. The molecule has 1 aliphatic heterocycles. The number of anilines is 1. The highest BCUT2D eigenvalue weighted by Crippen LogP contribution is 2.48. The number of aromatic hydroxyl groups is 1. The van der Waals surface area contributed by atoms with Gasteiger partial charge in [-0.1, -0.05) is 35.3 Å². The largest absolute Gasteiger partial charge is 0.508 e. The first-order valence-corrected chi connectivity index (χ1v) is 12.4. The molecule has 3 aromatic carbocycles. The molecule has 1 amide bonds. The molecule has 0 aliphatic carbocycles. The smallest absolute Gasteiger partial charge is 0.338 e. The van der Waals surface area contributed by atoms with Crippen molar-refractivity contribution in [2.45, 2.75) is 13.0 Å². The van der Waals surface area contributed by atoms with E-state index in [-0.39, 0.29) is 56.3 Å². The average molecular weight is 572 g/mol. The summed E-state index contributed by atoms with van der Waals surface area (Å²) in [5.41, 5.74) is 0.494. The van der Waals surface area contributed by atoms with Crippen LogP contribution in [0.4, 0.5) is 5.69 Å². The molecule has 0 spiro atoms. The van der Waals surface area contributed by atoms with Crippen LogP contribution in [0, 0.1) is 0 Å². The second-order valence-electron chi connectivity index (χ2n) is 8.32. The van der Waals surface area contributed by atoms with Gasteiger partial charge in [-0.15, -0.1) is 0 Å². The third-order valence-corrected chi connectivity index (χ3v) is 6.71. The third kappa shape index (κ3) is 4.98. The first-order chi connectivity index (χ1) is 18.6. The number of carbonyl (C=O) groups excluding carboxylic acids is 3. The van der Waals surface area contributed by atoms with E-state index in [4.69, 9.17) is 37.4 Å². The first-order valence-electron chi connectivity index (χ1n) is 11.6. The fourth-order valence-electron chi connectivity index (χ4n) is 4.37. The van der Waals surface area contributed by atoms with Crippen molar-refractivity contribution in [3.63, 3.8) is 0 Å². The van der Waals surface area contributed by atoms with E-state index in [1.807, 2.05) is 0 Å². The summed E-state index contributed by atoms with van der Waals surface area (Å²) in [5, 5.41) is 21.7. The van der Waals surface area contributed by atoms with Crippen LogP contribution in [0.5, 0.6) is 17.2 Å². The quantitative estimate of drug-likeness (QED) is 0.164. The Hall–Kier alpha value is -4.21. The van der Waals surface area contributed by atoms with Gasteiger partial charge in [0, 0.05) is 5.69 Å². The number of ketones is 1. The highest BCUT2D eigenvalue weighted by molar-refractivity contribution is 6.52. The van der Waals surface area contributed by atoms with E-state index in [9.17, 15) is 24.6 Å². The van der Waals surface area contributed by atoms with Crippen molar-refractivity contribution in [1.29, 1.82) is 0 Å². The van der Waals surface area contributed by atoms with E-state index in [0.29, 0.717) is 5.56 Å². The van der Waals surface area contributed by atoms with Crippen LogP contribution >= 0.6 is 23.2 Å². The number of phenols is 1. The number of ether oxygens (including phenoxy) is 3. The van der Waals surface area contributed by atoms with Crippen molar-refractivity contribution in [2.75, 3.05) is 25.7 Å². The van der Waals surface area contributed by atoms with E-state index in [1.54, 1.807) is 13.0 Å². The number of nitrogens with zero attached hydrogens (tertiary/aromatic N) is 1. The number of hydrogen-bond donors (Lipinski definition) is 2. The molecule has 0 bridgehead atoms. The summed E-state index contributed by atoms with van der Waals surface area (Å²) in [4.78, 5) is 40.1. The number of aliphatic hydroxyl groups excluding tert-OH is 1. The second-order valence-corrected chi connectivity index (χ2v) is 9.10. The molecule has 1 unspecified atom stereocenters. The molecule has 4 rings (SSSR count). The van der Waals surface area contributed by atoms with Crippen molar-refractivity contribution in [1.82, 2.24) is 0 Å². The topological polar surface area (TPSA) is 123 Å². The fourth-order valence-corrected chi connectivity index (χ4v) is 5.06. The summed E-state index contributed by atoms with van der Waals surface area (Å²) < 4.78 is 15.6. The van der Waals surface area contributed by atoms with Crippen LogP contribution in [-0.4, -0.2) is 48.7 Å². The molecule has 202 valence electrons. The van der Waals surface area contributed by atoms with Crippen molar-refractivity contribution in [2.24, 2.45) is 0 Å². The Morgan fingerprint density at radius 1 is 1.00 bits per heavy atom. The number of aliphatic hydroxyl groups is 1. The standard InChI is InChI=1S/C28H23Cl2NO8/c1-4-39-28(36)14-8-10-16(11-9-14)31-22(15-6-5-7-17(32)12-15)20(24(34)27(31)35)23(33)18-13-19(29)26(38-3)21(30)25(18)37-2/h5-13,22,32-33H,4H2,1-3H3/b23-20+. The molecule has 3 aromatic rings. The number of halogens is 2. The maximum Gasteiger partial charge on any atom is 0.338 e. The fraction of sp³-hybridized carbons (Fsp3) is 0.179. The van der Waals surface area contributed by atoms with Gasteiger partial charge in [0.2, 0.25) is 0 Å². The summed E-state index contributed by atoms with van der Waals surface area (Å²) in [7, 11) is 2.66. The van der Waals surface area contributed by atoms with E-state index in [0.717, 1.165) is 4.90 Å². The lowest BCUT2D eigenvalue weighted by molar-refractivity contribution is -0.132. The maximum atomic E-state index is 13.4.